The molecule has 1 unspecified atom stereocenters. The van der Waals surface area contributed by atoms with Gasteiger partial charge in [0.1, 0.15) is 12.2 Å². The summed E-state index contributed by atoms with van der Waals surface area (Å²) in [5.74, 6) is -0.971. The first-order valence-electron chi connectivity index (χ1n) is 10.4. The fourth-order valence-corrected chi connectivity index (χ4v) is 7.33. The quantitative estimate of drug-likeness (QED) is 0.323. The van der Waals surface area contributed by atoms with Crippen LogP contribution in [0.25, 0.3) is 0 Å². The monoisotopic (exact) mass is 462 g/mol. The Balaban J connectivity index is 0.00000272. The molecule has 166 valence electrons. The van der Waals surface area contributed by atoms with Gasteiger partial charge >= 0.3 is 29.6 Å². The van der Waals surface area contributed by atoms with E-state index in [0.717, 1.165) is 12.0 Å². The summed E-state index contributed by atoms with van der Waals surface area (Å²) in [7, 11) is -5.09. The molecule has 4 aliphatic carbocycles. The molecule has 8 atom stereocenters. The number of phosphoric ester groups is 1. The zero-order valence-corrected chi connectivity index (χ0v) is 21.0. The summed E-state index contributed by atoms with van der Waals surface area (Å²) in [5, 5.41) is 22.6. The van der Waals surface area contributed by atoms with Crippen LogP contribution in [0.3, 0.4) is 0 Å². The van der Waals surface area contributed by atoms with Crippen LogP contribution in [0.5, 0.6) is 0 Å². The molecule has 3 saturated carbocycles. The minimum absolute atomic E-state index is 0. The van der Waals surface area contributed by atoms with E-state index in [1.54, 1.807) is 19.1 Å². The van der Waals surface area contributed by atoms with Crippen molar-refractivity contribution in [2.75, 3.05) is 6.61 Å². The van der Waals surface area contributed by atoms with Gasteiger partial charge in [-0.15, -0.1) is 0 Å². The topological polar surface area (TPSA) is 144 Å². The number of ketones is 2. The number of carbonyl (C=O) groups excluding carboxylic acids is 2. The Morgan fingerprint density at radius 3 is 2.68 bits per heavy atom. The van der Waals surface area contributed by atoms with Gasteiger partial charge in [-0.3, -0.25) is 14.2 Å². The summed E-state index contributed by atoms with van der Waals surface area (Å²) < 4.78 is 15.2. The third-order valence-corrected chi connectivity index (χ3v) is 8.92. The van der Waals surface area contributed by atoms with Gasteiger partial charge < -0.3 is 24.5 Å². The van der Waals surface area contributed by atoms with Gasteiger partial charge in [-0.25, -0.2) is 0 Å². The number of aliphatic hydroxyl groups excluding tert-OH is 1. The summed E-state index contributed by atoms with van der Waals surface area (Å²) in [4.78, 5) is 44.4. The van der Waals surface area contributed by atoms with Gasteiger partial charge in [-0.2, -0.15) is 0 Å². The number of phosphoric acid groups is 1. The van der Waals surface area contributed by atoms with E-state index in [1.807, 2.05) is 13.0 Å². The van der Waals surface area contributed by atoms with Gasteiger partial charge in [0.05, 0.1) is 6.10 Å². The predicted molar refractivity (Wildman–Crippen MR) is 104 cm³/mol. The molecule has 0 heterocycles. The minimum atomic E-state index is -5.09. The third-order valence-electron chi connectivity index (χ3n) is 8.47. The second kappa shape index (κ2) is 8.26. The fourth-order valence-electron chi connectivity index (χ4n) is 7.05. The molecular weight excluding hydrogens is 434 g/mol. The number of allylic oxidation sites excluding steroid dienone is 4. The zero-order chi connectivity index (χ0) is 22.1. The molecule has 3 fully saturated rings. The predicted octanol–water partition coefficient (Wildman–Crippen LogP) is -1.95. The molecule has 0 aromatic carbocycles. The molecule has 0 aromatic heterocycles. The van der Waals surface area contributed by atoms with Crippen LogP contribution in [0.2, 0.25) is 0 Å². The summed E-state index contributed by atoms with van der Waals surface area (Å²) >= 11 is 0. The number of Topliss-reactive ketones (excluding diaryl/α,β-unsaturated/α-hetero) is 1. The van der Waals surface area contributed by atoms with Crippen molar-refractivity contribution in [2.45, 2.75) is 57.7 Å². The average molecular weight is 462 g/mol. The van der Waals surface area contributed by atoms with E-state index in [9.17, 15) is 29.3 Å². The van der Waals surface area contributed by atoms with Crippen LogP contribution >= 0.6 is 7.82 Å². The first kappa shape index (κ1) is 25.5. The van der Waals surface area contributed by atoms with Crippen LogP contribution in [0.1, 0.15) is 46.0 Å². The number of fused-ring (bicyclic) bond motifs is 5. The van der Waals surface area contributed by atoms with E-state index in [2.05, 4.69) is 4.52 Å². The molecule has 8 nitrogen and oxygen atoms in total. The Labute approximate surface area is 203 Å². The maximum absolute atomic E-state index is 12.8. The third kappa shape index (κ3) is 3.92. The van der Waals surface area contributed by atoms with Gasteiger partial charge in [0, 0.05) is 16.7 Å². The van der Waals surface area contributed by atoms with E-state index in [4.69, 9.17) is 4.89 Å². The Morgan fingerprint density at radius 1 is 1.35 bits per heavy atom. The summed E-state index contributed by atoms with van der Waals surface area (Å²) in [5.41, 5.74) is -2.21. The second-order valence-corrected chi connectivity index (χ2v) is 11.0. The number of hydrogen-bond acceptors (Lipinski definition) is 7. The first-order valence-corrected chi connectivity index (χ1v) is 11.9. The molecule has 10 heteroatoms. The van der Waals surface area contributed by atoms with Crippen LogP contribution in [0.15, 0.2) is 23.8 Å². The number of aliphatic hydroxyl groups is 2. The van der Waals surface area contributed by atoms with Gasteiger partial charge in [0.2, 0.25) is 0 Å². The molecule has 0 spiro atoms. The van der Waals surface area contributed by atoms with E-state index in [1.165, 1.54) is 0 Å². The van der Waals surface area contributed by atoms with Gasteiger partial charge in [0.15, 0.2) is 11.6 Å². The molecule has 0 aliphatic heterocycles. The Bertz CT molecular complexity index is 896. The summed E-state index contributed by atoms with van der Waals surface area (Å²) in [6.45, 7) is 2.89. The van der Waals surface area contributed by atoms with Crippen LogP contribution in [0.4, 0.5) is 0 Å². The molecule has 31 heavy (non-hydrogen) atoms. The second-order valence-electron chi connectivity index (χ2n) is 9.78. The molecule has 3 N–H and O–H groups in total. The van der Waals surface area contributed by atoms with Crippen LogP contribution in [-0.2, 0) is 18.7 Å². The number of hydrogen-bond donors (Lipinski definition) is 3. The van der Waals surface area contributed by atoms with Crippen molar-refractivity contribution in [3.8, 4) is 0 Å². The number of carbonyl (C=O) groups is 2. The maximum Gasteiger partial charge on any atom is 1.00 e. The zero-order valence-electron chi connectivity index (χ0n) is 18.1. The van der Waals surface area contributed by atoms with Crippen molar-refractivity contribution in [3.05, 3.63) is 23.8 Å². The molecule has 0 bridgehead atoms. The molecule has 4 rings (SSSR count). The fraction of sp³-hybridized carbons (Fsp3) is 0.714. The van der Waals surface area contributed by atoms with Crippen LogP contribution < -0.4 is 34.5 Å². The molecule has 0 aromatic rings. The van der Waals surface area contributed by atoms with Crippen LogP contribution in [0, 0.1) is 28.6 Å². The molecule has 0 radical (unpaired) electrons. The Hall–Kier alpha value is -0.150. The van der Waals surface area contributed by atoms with Gasteiger partial charge in [0.25, 0.3) is 7.82 Å². The van der Waals surface area contributed by atoms with Crippen molar-refractivity contribution in [3.63, 3.8) is 0 Å². The number of rotatable bonds is 4. The molecule has 0 amide bonds. The van der Waals surface area contributed by atoms with E-state index in [-0.39, 0.29) is 65.9 Å². The van der Waals surface area contributed by atoms with Crippen molar-refractivity contribution >= 4 is 19.4 Å². The molecule has 4 aliphatic rings. The standard InChI is InChI=1S/C21H29O8P.Na/c1-19-7-5-13(22)9-12(19)3-4-14-15-6-8-21(25,17(24)11-29-30(26,27)28)20(15,2)10-16(23)18(14)19;/h5,7,9,14-16,18,23,25H,3-4,6,8,10-11H2,1-2H3,(H2,26,27,28);/q;+1/p-1/t14-,15-,16-,18+,19-,20-,21-;/m0./s1. The SMILES string of the molecule is C[C@]12C=CC(=O)C=C1CC[C@@H]1[C@@H]2[C@@H](O)C[C@@]2(C)[C@H]1CC[C@]2(O)C(=O)COP(=O)([O-])O.[Na+]. The van der Waals surface area contributed by atoms with Gasteiger partial charge in [-0.1, -0.05) is 25.5 Å². The van der Waals surface area contributed by atoms with Crippen molar-refractivity contribution < 1.29 is 68.2 Å². The smallest absolute Gasteiger partial charge is 0.756 e. The van der Waals surface area contributed by atoms with E-state index < -0.39 is 42.7 Å². The average Bonchev–Trinajstić information content (AvgIpc) is 2.91. The summed E-state index contributed by atoms with van der Waals surface area (Å²) in [6, 6.07) is 0. The first-order chi connectivity index (χ1) is 13.8. The van der Waals surface area contributed by atoms with E-state index in [0.29, 0.717) is 12.8 Å². The van der Waals surface area contributed by atoms with Gasteiger partial charge in [-0.05, 0) is 56.1 Å². The molecular formula is C21H28NaO8P. The maximum atomic E-state index is 12.8. The van der Waals surface area contributed by atoms with Crippen molar-refractivity contribution in [2.24, 2.45) is 28.6 Å². The Kier molecular flexibility index (Phi) is 6.79. The van der Waals surface area contributed by atoms with Crippen LogP contribution in [-0.4, -0.2) is 45.0 Å². The molecule has 0 saturated heterocycles. The minimum Gasteiger partial charge on any atom is -0.756 e. The van der Waals surface area contributed by atoms with E-state index >= 15 is 0 Å². The van der Waals surface area contributed by atoms with Crippen molar-refractivity contribution in [1.82, 2.24) is 0 Å². The normalized spacial score (nSPS) is 45.5. The largest absolute Gasteiger partial charge is 1.00 e. The van der Waals surface area contributed by atoms with Crippen molar-refractivity contribution in [1.29, 1.82) is 0 Å². The Morgan fingerprint density at radius 2 is 2.03 bits per heavy atom. The summed E-state index contributed by atoms with van der Waals surface area (Å²) in [6.07, 6.45) is 6.66.